The molecule has 4 rings (SSSR count). The van der Waals surface area contributed by atoms with Crippen LogP contribution in [0.25, 0.3) is 17.0 Å². The molecule has 1 atom stereocenters. The zero-order valence-corrected chi connectivity index (χ0v) is 19.6. The Morgan fingerprint density at radius 2 is 1.97 bits per heavy atom. The number of fused-ring (bicyclic) bond motifs is 1. The van der Waals surface area contributed by atoms with Crippen molar-refractivity contribution in [3.8, 4) is 23.3 Å². The first-order valence-corrected chi connectivity index (χ1v) is 11.6. The summed E-state index contributed by atoms with van der Waals surface area (Å²) in [4.78, 5) is 4.70. The number of nitriles is 1. The highest BCUT2D eigenvalue weighted by Crippen LogP contribution is 2.35. The number of oxazole rings is 1. The highest BCUT2D eigenvalue weighted by Gasteiger charge is 2.20. The number of hydrogen-bond acceptors (Lipinski definition) is 5. The smallest absolute Gasteiger partial charge is 0.226 e. The van der Waals surface area contributed by atoms with Gasteiger partial charge in [0.25, 0.3) is 0 Å². The van der Waals surface area contributed by atoms with Crippen molar-refractivity contribution in [1.29, 1.82) is 5.26 Å². The molecule has 3 aromatic rings. The Labute approximate surface area is 195 Å². The summed E-state index contributed by atoms with van der Waals surface area (Å²) in [7, 11) is 0. The fraction of sp³-hybridized carbons (Fsp3) is 0.357. The van der Waals surface area contributed by atoms with Gasteiger partial charge in [-0.05, 0) is 62.9 Å². The average molecular weight is 443 g/mol. The largest absolute Gasteiger partial charge is 0.493 e. The predicted octanol–water partition coefficient (Wildman–Crippen LogP) is 6.23. The molecule has 1 aliphatic carbocycles. The Bertz CT molecular complexity index is 1170. The van der Waals surface area contributed by atoms with E-state index in [1.807, 2.05) is 38.1 Å². The Morgan fingerprint density at radius 3 is 2.73 bits per heavy atom. The van der Waals surface area contributed by atoms with E-state index < -0.39 is 6.10 Å². The number of hydrogen-bond donors (Lipinski definition) is 0. The summed E-state index contributed by atoms with van der Waals surface area (Å²) in [6, 6.07) is 16.6. The predicted molar refractivity (Wildman–Crippen MR) is 129 cm³/mol. The molecule has 0 bridgehead atoms. The van der Waals surface area contributed by atoms with Crippen molar-refractivity contribution in [2.75, 3.05) is 13.2 Å². The van der Waals surface area contributed by atoms with Crippen LogP contribution in [-0.4, -0.2) is 24.3 Å². The number of aromatic nitrogens is 1. The maximum atomic E-state index is 9.38. The van der Waals surface area contributed by atoms with E-state index in [1.165, 1.54) is 11.1 Å². The highest BCUT2D eigenvalue weighted by atomic mass is 16.5. The second-order valence-electron chi connectivity index (χ2n) is 8.31. The topological polar surface area (TPSA) is 68.3 Å². The van der Waals surface area contributed by atoms with E-state index in [4.69, 9.17) is 18.9 Å². The van der Waals surface area contributed by atoms with Crippen molar-refractivity contribution in [2.24, 2.45) is 0 Å². The molecule has 170 valence electrons. The number of nitrogens with zero attached hydrogens (tertiary/aromatic N) is 2. The third kappa shape index (κ3) is 5.35. The zero-order chi connectivity index (χ0) is 23.2. The maximum Gasteiger partial charge on any atom is 0.226 e. The molecule has 5 nitrogen and oxygen atoms in total. The molecule has 2 aromatic carbocycles. The molecular weight excluding hydrogens is 412 g/mol. The van der Waals surface area contributed by atoms with Crippen LogP contribution in [0.1, 0.15) is 47.9 Å². The van der Waals surface area contributed by atoms with Gasteiger partial charge >= 0.3 is 0 Å². The summed E-state index contributed by atoms with van der Waals surface area (Å²) >= 11 is 0. The maximum absolute atomic E-state index is 9.38. The summed E-state index contributed by atoms with van der Waals surface area (Å²) in [5.41, 5.74) is 6.65. The summed E-state index contributed by atoms with van der Waals surface area (Å²) < 4.78 is 17.7. The van der Waals surface area contributed by atoms with Gasteiger partial charge in [-0.3, -0.25) is 0 Å². The van der Waals surface area contributed by atoms with Crippen LogP contribution < -0.4 is 4.74 Å². The third-order valence-corrected chi connectivity index (χ3v) is 5.97. The highest BCUT2D eigenvalue weighted by molar-refractivity contribution is 5.72. The van der Waals surface area contributed by atoms with Crippen LogP contribution >= 0.6 is 0 Å². The van der Waals surface area contributed by atoms with E-state index in [-0.39, 0.29) is 0 Å². The summed E-state index contributed by atoms with van der Waals surface area (Å²) in [5.74, 6) is 2.38. The van der Waals surface area contributed by atoms with Gasteiger partial charge in [0.15, 0.2) is 0 Å². The van der Waals surface area contributed by atoms with Crippen LogP contribution in [0.4, 0.5) is 0 Å². The van der Waals surface area contributed by atoms with Gasteiger partial charge in [0.2, 0.25) is 5.89 Å². The quantitative estimate of drug-likeness (QED) is 0.393. The van der Waals surface area contributed by atoms with Crippen LogP contribution in [0.3, 0.4) is 0 Å². The summed E-state index contributed by atoms with van der Waals surface area (Å²) in [6.07, 6.45) is 4.95. The molecule has 1 unspecified atom stereocenters. The molecule has 0 saturated carbocycles. The second-order valence-corrected chi connectivity index (χ2v) is 8.31. The number of ether oxygens (including phenoxy) is 2. The van der Waals surface area contributed by atoms with E-state index in [0.717, 1.165) is 46.7 Å². The van der Waals surface area contributed by atoms with Crippen molar-refractivity contribution in [2.45, 2.75) is 52.6 Å². The second kappa shape index (κ2) is 10.5. The Hall–Kier alpha value is -3.36. The molecule has 0 saturated heterocycles. The molecule has 0 spiro atoms. The molecular formula is C28H30N2O3. The molecule has 1 aliphatic rings. The molecule has 0 N–H and O–H groups in total. The Morgan fingerprint density at radius 1 is 1.15 bits per heavy atom. The standard InChI is InChI=1S/C28H30N2O3/c1-4-31-23(18-29)17-22-7-5-9-25-24(22)8-6-10-27(25)32-16-15-26-20(3)33-28(30-26)21-13-11-19(2)12-14-21/h6-8,10-14,23H,4-5,9,15-17H2,1-3H3. The molecule has 33 heavy (non-hydrogen) atoms. The third-order valence-electron chi connectivity index (χ3n) is 5.97. The van der Waals surface area contributed by atoms with Gasteiger partial charge in [0.1, 0.15) is 17.6 Å². The normalized spacial score (nSPS) is 13.7. The fourth-order valence-electron chi connectivity index (χ4n) is 4.23. The van der Waals surface area contributed by atoms with Gasteiger partial charge < -0.3 is 13.9 Å². The number of allylic oxidation sites excluding steroid dienone is 1. The monoisotopic (exact) mass is 442 g/mol. The molecule has 5 heteroatoms. The fourth-order valence-corrected chi connectivity index (χ4v) is 4.23. The Kier molecular flexibility index (Phi) is 7.26. The average Bonchev–Trinajstić information content (AvgIpc) is 3.20. The Balaban J connectivity index is 1.43. The van der Waals surface area contributed by atoms with Crippen LogP contribution in [0.15, 0.2) is 53.0 Å². The van der Waals surface area contributed by atoms with E-state index in [0.29, 0.717) is 31.9 Å². The van der Waals surface area contributed by atoms with Crippen LogP contribution in [-0.2, 0) is 17.6 Å². The van der Waals surface area contributed by atoms with Gasteiger partial charge in [-0.15, -0.1) is 0 Å². The first kappa shape index (κ1) is 22.8. The molecule has 1 aromatic heterocycles. The lowest BCUT2D eigenvalue weighted by Gasteiger charge is -2.22. The SMILES string of the molecule is CCOC(C#N)CC1=CCCc2c(OCCc3nc(-c4ccc(C)cc4)oc3C)cccc21. The molecule has 0 aliphatic heterocycles. The van der Waals surface area contributed by atoms with Crippen LogP contribution in [0, 0.1) is 25.2 Å². The molecule has 0 amide bonds. The number of aryl methyl sites for hydroxylation is 2. The van der Waals surface area contributed by atoms with Crippen LogP contribution in [0.5, 0.6) is 5.75 Å². The molecule has 1 heterocycles. The van der Waals surface area contributed by atoms with Crippen molar-refractivity contribution in [1.82, 2.24) is 4.98 Å². The summed E-state index contributed by atoms with van der Waals surface area (Å²) in [5, 5.41) is 9.38. The van der Waals surface area contributed by atoms with E-state index in [1.54, 1.807) is 0 Å². The lowest BCUT2D eigenvalue weighted by molar-refractivity contribution is 0.105. The van der Waals surface area contributed by atoms with Crippen molar-refractivity contribution >= 4 is 5.57 Å². The number of rotatable bonds is 9. The minimum absolute atomic E-state index is 0.422. The van der Waals surface area contributed by atoms with Crippen LogP contribution in [0.2, 0.25) is 0 Å². The summed E-state index contributed by atoms with van der Waals surface area (Å²) in [6.45, 7) is 6.99. The van der Waals surface area contributed by atoms with Gasteiger partial charge in [-0.1, -0.05) is 35.9 Å². The van der Waals surface area contributed by atoms with Crippen molar-refractivity contribution < 1.29 is 13.9 Å². The minimum atomic E-state index is -0.422. The molecule has 0 radical (unpaired) electrons. The molecule has 0 fully saturated rings. The van der Waals surface area contributed by atoms with Crippen molar-refractivity contribution in [3.63, 3.8) is 0 Å². The van der Waals surface area contributed by atoms with Gasteiger partial charge in [-0.2, -0.15) is 5.26 Å². The first-order chi connectivity index (χ1) is 16.1. The number of benzene rings is 2. The van der Waals surface area contributed by atoms with E-state index in [2.05, 4.69) is 37.3 Å². The minimum Gasteiger partial charge on any atom is -0.493 e. The first-order valence-electron chi connectivity index (χ1n) is 11.6. The van der Waals surface area contributed by atoms with E-state index >= 15 is 0 Å². The van der Waals surface area contributed by atoms with E-state index in [9.17, 15) is 5.26 Å². The lowest BCUT2D eigenvalue weighted by atomic mass is 9.87. The zero-order valence-electron chi connectivity index (χ0n) is 19.6. The van der Waals surface area contributed by atoms with Gasteiger partial charge in [0, 0.05) is 30.6 Å². The lowest BCUT2D eigenvalue weighted by Crippen LogP contribution is -2.13. The van der Waals surface area contributed by atoms with Crippen molar-refractivity contribution in [3.05, 3.63) is 76.7 Å². The van der Waals surface area contributed by atoms with Gasteiger partial charge in [-0.25, -0.2) is 4.98 Å². The van der Waals surface area contributed by atoms with Gasteiger partial charge in [0.05, 0.1) is 18.4 Å².